The first-order valence-electron chi connectivity index (χ1n) is 17.0. The van der Waals surface area contributed by atoms with Gasteiger partial charge in [0, 0.05) is 57.5 Å². The number of rotatable bonds is 12. The van der Waals surface area contributed by atoms with Crippen molar-refractivity contribution in [1.29, 1.82) is 0 Å². The van der Waals surface area contributed by atoms with Gasteiger partial charge in [-0.25, -0.2) is 13.4 Å². The van der Waals surface area contributed by atoms with Gasteiger partial charge in [0.05, 0.1) is 35.2 Å². The zero-order chi connectivity index (χ0) is 33.7. The van der Waals surface area contributed by atoms with Gasteiger partial charge in [-0.2, -0.15) is 0 Å². The number of benzene rings is 3. The molecule has 2 fully saturated rings. The Morgan fingerprint density at radius 1 is 0.938 bits per heavy atom. The molecule has 1 atom stereocenters. The summed E-state index contributed by atoms with van der Waals surface area (Å²) in [4.78, 5) is 26.0. The van der Waals surface area contributed by atoms with E-state index in [-0.39, 0.29) is 21.8 Å². The molecule has 2 aliphatic heterocycles. The first kappa shape index (κ1) is 34.0. The maximum Gasteiger partial charge on any atom is 0.257 e. The lowest BCUT2D eigenvalue weighted by Gasteiger charge is -2.33. The van der Waals surface area contributed by atoms with Gasteiger partial charge in [-0.1, -0.05) is 42.5 Å². The summed E-state index contributed by atoms with van der Waals surface area (Å²) < 4.78 is 38.1. The van der Waals surface area contributed by atoms with Crippen LogP contribution in [0.3, 0.4) is 0 Å². The lowest BCUT2D eigenvalue weighted by molar-refractivity contribution is 0.0777. The van der Waals surface area contributed by atoms with Crippen LogP contribution in [-0.2, 0) is 26.5 Å². The molecule has 0 radical (unpaired) electrons. The number of likely N-dealkylation sites (tertiary alicyclic amines) is 1. The highest BCUT2D eigenvalue weighted by Crippen LogP contribution is 2.39. The highest BCUT2D eigenvalue weighted by Gasteiger charge is 2.42. The van der Waals surface area contributed by atoms with E-state index in [0.29, 0.717) is 32.1 Å². The maximum atomic E-state index is 13.9. The molecule has 1 amide bonds. The standard InChI is InChI=1S/C37H47N5O5S/c1-4-47-26-25-42-33-14-9-8-13-32(33)38-36(42)40-20-10-19-39(23-24-40)21-17-37(29-11-6-5-7-12-29)18-22-41(28-37)35(43)31-27-30(48(3,44)45)15-16-34(31)46-2/h5-9,11-16,27H,4,10,17-26,28H2,1-3H3. The number of nitrogens with zero attached hydrogens (tertiary/aromatic N) is 5. The number of imidazole rings is 1. The van der Waals surface area contributed by atoms with E-state index in [4.69, 9.17) is 14.5 Å². The number of anilines is 1. The smallest absolute Gasteiger partial charge is 0.257 e. The quantitative estimate of drug-likeness (QED) is 0.197. The number of hydrogen-bond acceptors (Lipinski definition) is 8. The van der Waals surface area contributed by atoms with Gasteiger partial charge in [-0.05, 0) is 75.2 Å². The van der Waals surface area contributed by atoms with Gasteiger partial charge >= 0.3 is 0 Å². The third-order valence-electron chi connectivity index (χ3n) is 9.93. The second-order valence-corrected chi connectivity index (χ2v) is 15.0. The molecule has 1 aromatic heterocycles. The predicted octanol–water partition coefficient (Wildman–Crippen LogP) is 4.87. The van der Waals surface area contributed by atoms with E-state index < -0.39 is 9.84 Å². The van der Waals surface area contributed by atoms with Crippen molar-refractivity contribution in [3.8, 4) is 5.75 Å². The van der Waals surface area contributed by atoms with Gasteiger partial charge in [-0.3, -0.25) is 4.79 Å². The minimum Gasteiger partial charge on any atom is -0.496 e. The summed E-state index contributed by atoms with van der Waals surface area (Å²) in [5.74, 6) is 1.19. The molecule has 0 spiro atoms. The van der Waals surface area contributed by atoms with E-state index in [0.717, 1.165) is 81.8 Å². The number of ether oxygens (including phenoxy) is 2. The highest BCUT2D eigenvalue weighted by molar-refractivity contribution is 7.90. The molecule has 2 saturated heterocycles. The molecular weight excluding hydrogens is 627 g/mol. The molecule has 3 heterocycles. The van der Waals surface area contributed by atoms with E-state index in [1.165, 1.54) is 24.8 Å². The van der Waals surface area contributed by atoms with Crippen LogP contribution in [0.15, 0.2) is 77.7 Å². The van der Waals surface area contributed by atoms with Crippen molar-refractivity contribution in [3.63, 3.8) is 0 Å². The Kier molecular flexibility index (Phi) is 10.4. The maximum absolute atomic E-state index is 13.9. The van der Waals surface area contributed by atoms with Crippen molar-refractivity contribution < 1.29 is 22.7 Å². The Morgan fingerprint density at radius 3 is 2.50 bits per heavy atom. The van der Waals surface area contributed by atoms with Crippen molar-refractivity contribution in [2.75, 3.05) is 77.3 Å². The number of hydrogen-bond donors (Lipinski definition) is 0. The second kappa shape index (κ2) is 14.7. The summed E-state index contributed by atoms with van der Waals surface area (Å²) >= 11 is 0. The fourth-order valence-corrected chi connectivity index (χ4v) is 7.92. The number of para-hydroxylation sites is 2. The molecule has 2 aliphatic rings. The van der Waals surface area contributed by atoms with Gasteiger partial charge < -0.3 is 28.7 Å². The molecule has 256 valence electrons. The molecule has 0 aliphatic carbocycles. The Bertz CT molecular complexity index is 1830. The van der Waals surface area contributed by atoms with Crippen molar-refractivity contribution in [3.05, 3.63) is 83.9 Å². The molecule has 3 aromatic carbocycles. The first-order chi connectivity index (χ1) is 23.2. The zero-order valence-electron chi connectivity index (χ0n) is 28.3. The molecule has 11 heteroatoms. The van der Waals surface area contributed by atoms with E-state index in [2.05, 4.69) is 56.8 Å². The van der Waals surface area contributed by atoms with Gasteiger partial charge in [0.2, 0.25) is 5.95 Å². The van der Waals surface area contributed by atoms with Crippen LogP contribution >= 0.6 is 0 Å². The summed E-state index contributed by atoms with van der Waals surface area (Å²) in [6, 6.07) is 23.4. The molecule has 1 unspecified atom stereocenters. The van der Waals surface area contributed by atoms with Crippen LogP contribution in [0.25, 0.3) is 11.0 Å². The zero-order valence-corrected chi connectivity index (χ0v) is 29.1. The molecule has 0 saturated carbocycles. The second-order valence-electron chi connectivity index (χ2n) is 12.9. The summed E-state index contributed by atoms with van der Waals surface area (Å²) in [6.07, 6.45) is 3.93. The normalized spacial score (nSPS) is 19.1. The average molecular weight is 674 g/mol. The topological polar surface area (TPSA) is 97.2 Å². The number of carbonyl (C=O) groups excluding carboxylic acids is 1. The SMILES string of the molecule is CCOCCn1c(N2CCCN(CCC3(c4ccccc4)CCN(C(=O)c4cc(S(C)(=O)=O)ccc4OC)C3)CC2)nc2ccccc21. The Hall–Kier alpha value is -3.93. The van der Waals surface area contributed by atoms with Crippen molar-refractivity contribution >= 4 is 32.7 Å². The third kappa shape index (κ3) is 7.23. The molecule has 6 rings (SSSR count). The van der Waals surface area contributed by atoms with E-state index >= 15 is 0 Å². The van der Waals surface area contributed by atoms with E-state index in [1.807, 2.05) is 24.0 Å². The fourth-order valence-electron chi connectivity index (χ4n) is 7.27. The number of fused-ring (bicyclic) bond motifs is 1. The van der Waals surface area contributed by atoms with Crippen LogP contribution in [0.4, 0.5) is 5.95 Å². The lowest BCUT2D eigenvalue weighted by Crippen LogP contribution is -2.39. The van der Waals surface area contributed by atoms with Crippen LogP contribution in [-0.4, -0.2) is 106 Å². The van der Waals surface area contributed by atoms with Gasteiger partial charge in [0.1, 0.15) is 5.75 Å². The van der Waals surface area contributed by atoms with Gasteiger partial charge in [0.15, 0.2) is 9.84 Å². The summed E-state index contributed by atoms with van der Waals surface area (Å²) in [5.41, 5.74) is 3.45. The molecule has 4 aromatic rings. The van der Waals surface area contributed by atoms with E-state index in [9.17, 15) is 13.2 Å². The third-order valence-corrected chi connectivity index (χ3v) is 11.0. The van der Waals surface area contributed by atoms with Crippen LogP contribution in [0, 0.1) is 0 Å². The highest BCUT2D eigenvalue weighted by atomic mass is 32.2. The summed E-state index contributed by atoms with van der Waals surface area (Å²) in [6.45, 7) is 9.96. The van der Waals surface area contributed by atoms with Crippen molar-refractivity contribution in [1.82, 2.24) is 19.4 Å². The lowest BCUT2D eigenvalue weighted by atomic mass is 9.76. The number of aromatic nitrogens is 2. The van der Waals surface area contributed by atoms with Crippen molar-refractivity contribution in [2.45, 2.75) is 43.0 Å². The van der Waals surface area contributed by atoms with Crippen LogP contribution in [0.5, 0.6) is 5.75 Å². The summed E-state index contributed by atoms with van der Waals surface area (Å²) in [5, 5.41) is 0. The average Bonchev–Trinajstić information content (AvgIpc) is 3.62. The minimum absolute atomic E-state index is 0.111. The Labute approximate surface area is 284 Å². The van der Waals surface area contributed by atoms with Crippen LogP contribution in [0.1, 0.15) is 42.1 Å². The predicted molar refractivity (Wildman–Crippen MR) is 189 cm³/mol. The number of sulfone groups is 1. The van der Waals surface area contributed by atoms with E-state index in [1.54, 1.807) is 6.07 Å². The number of amides is 1. The first-order valence-corrected chi connectivity index (χ1v) is 18.8. The summed E-state index contributed by atoms with van der Waals surface area (Å²) in [7, 11) is -1.98. The van der Waals surface area contributed by atoms with Gasteiger partial charge in [-0.15, -0.1) is 0 Å². The largest absolute Gasteiger partial charge is 0.496 e. The Balaban J connectivity index is 1.17. The van der Waals surface area contributed by atoms with Crippen molar-refractivity contribution in [2.24, 2.45) is 0 Å². The molecule has 10 nitrogen and oxygen atoms in total. The molecule has 48 heavy (non-hydrogen) atoms. The molecular formula is C37H47N5O5S. The number of carbonyl (C=O) groups is 1. The monoisotopic (exact) mass is 673 g/mol. The fraction of sp³-hybridized carbons (Fsp3) is 0.459. The Morgan fingerprint density at radius 2 is 1.73 bits per heavy atom. The van der Waals surface area contributed by atoms with Gasteiger partial charge in [0.25, 0.3) is 5.91 Å². The molecule has 0 bridgehead atoms. The molecule has 0 N–H and O–H groups in total. The van der Waals surface area contributed by atoms with Crippen LogP contribution < -0.4 is 9.64 Å². The number of methoxy groups -OCH3 is 1. The van der Waals surface area contributed by atoms with Crippen LogP contribution in [0.2, 0.25) is 0 Å². The minimum atomic E-state index is -3.48.